The number of sulfonamides is 1. The number of benzene rings is 2. The zero-order chi connectivity index (χ0) is 16.7. The molecule has 0 amide bonds. The molecule has 0 saturated heterocycles. The Hall–Kier alpha value is -1.85. The predicted molar refractivity (Wildman–Crippen MR) is 93.1 cm³/mol. The van der Waals surface area contributed by atoms with Gasteiger partial charge in [0.25, 0.3) is 0 Å². The first-order valence-electron chi connectivity index (χ1n) is 7.65. The molecule has 0 saturated carbocycles. The molecule has 124 valence electrons. The minimum absolute atomic E-state index is 0.0266. The van der Waals surface area contributed by atoms with E-state index < -0.39 is 10.0 Å². The summed E-state index contributed by atoms with van der Waals surface area (Å²) in [5, 5.41) is 0. The van der Waals surface area contributed by atoms with Crippen LogP contribution in [0.25, 0.3) is 0 Å². The van der Waals surface area contributed by atoms with E-state index in [0.717, 1.165) is 35.3 Å². The van der Waals surface area contributed by atoms with Crippen LogP contribution in [0.15, 0.2) is 48.5 Å². The first-order valence-corrected chi connectivity index (χ1v) is 9.30. The molecule has 0 aliphatic rings. The molecule has 23 heavy (non-hydrogen) atoms. The van der Waals surface area contributed by atoms with Gasteiger partial charge >= 0.3 is 0 Å². The summed E-state index contributed by atoms with van der Waals surface area (Å²) in [6.07, 6.45) is 1.56. The van der Waals surface area contributed by atoms with Gasteiger partial charge in [-0.1, -0.05) is 36.4 Å². The van der Waals surface area contributed by atoms with Crippen LogP contribution in [0.5, 0.6) is 5.75 Å². The molecule has 0 fully saturated rings. The Morgan fingerprint density at radius 2 is 1.87 bits per heavy atom. The smallest absolute Gasteiger partial charge is 0.215 e. The van der Waals surface area contributed by atoms with Gasteiger partial charge in [0.15, 0.2) is 0 Å². The zero-order valence-electron chi connectivity index (χ0n) is 13.6. The van der Waals surface area contributed by atoms with Gasteiger partial charge in [0.1, 0.15) is 5.75 Å². The number of ether oxygens (including phenoxy) is 1. The Labute approximate surface area is 138 Å². The molecule has 2 aromatic rings. The Morgan fingerprint density at radius 1 is 1.09 bits per heavy atom. The Bertz CT molecular complexity index is 741. The van der Waals surface area contributed by atoms with Gasteiger partial charge in [0.05, 0.1) is 12.9 Å². The van der Waals surface area contributed by atoms with Crippen molar-refractivity contribution in [3.05, 3.63) is 65.2 Å². The van der Waals surface area contributed by atoms with Crippen LogP contribution in [0.1, 0.15) is 23.1 Å². The van der Waals surface area contributed by atoms with Gasteiger partial charge in [0.2, 0.25) is 10.0 Å². The van der Waals surface area contributed by atoms with E-state index in [9.17, 15) is 8.42 Å². The van der Waals surface area contributed by atoms with Crippen molar-refractivity contribution in [2.45, 2.75) is 25.5 Å². The van der Waals surface area contributed by atoms with E-state index in [0.29, 0.717) is 6.54 Å². The van der Waals surface area contributed by atoms with Crippen molar-refractivity contribution in [3.63, 3.8) is 0 Å². The maximum absolute atomic E-state index is 12.1. The van der Waals surface area contributed by atoms with Crippen LogP contribution in [0.4, 0.5) is 0 Å². The average molecular weight is 333 g/mol. The van der Waals surface area contributed by atoms with Crippen molar-refractivity contribution in [2.75, 3.05) is 13.7 Å². The van der Waals surface area contributed by atoms with E-state index in [1.807, 2.05) is 55.5 Å². The standard InChI is InChI=1S/C18H23NO3S/c1-15-7-3-4-10-17(15)14-23(20,21)19-12-6-9-16-8-5-11-18(13-16)22-2/h3-5,7-8,10-11,13,19H,6,9,12,14H2,1-2H3. The summed E-state index contributed by atoms with van der Waals surface area (Å²) in [5.41, 5.74) is 2.98. The highest BCUT2D eigenvalue weighted by Gasteiger charge is 2.12. The molecular weight excluding hydrogens is 310 g/mol. The van der Waals surface area contributed by atoms with Crippen molar-refractivity contribution >= 4 is 10.0 Å². The fraction of sp³-hybridized carbons (Fsp3) is 0.333. The molecule has 0 aromatic heterocycles. The van der Waals surface area contributed by atoms with Gasteiger partial charge in [-0.2, -0.15) is 0 Å². The Morgan fingerprint density at radius 3 is 2.61 bits per heavy atom. The zero-order valence-corrected chi connectivity index (χ0v) is 14.4. The first kappa shape index (κ1) is 17.5. The summed E-state index contributed by atoms with van der Waals surface area (Å²) in [5.74, 6) is 0.849. The van der Waals surface area contributed by atoms with E-state index in [-0.39, 0.29) is 5.75 Å². The van der Waals surface area contributed by atoms with Crippen LogP contribution in [0.3, 0.4) is 0 Å². The fourth-order valence-corrected chi connectivity index (χ4v) is 3.67. The van der Waals surface area contributed by atoms with Crippen molar-refractivity contribution in [1.82, 2.24) is 4.72 Å². The molecule has 0 bridgehead atoms. The molecular formula is C18H23NO3S. The maximum Gasteiger partial charge on any atom is 0.215 e. The molecule has 0 aliphatic carbocycles. The van der Waals surface area contributed by atoms with Crippen molar-refractivity contribution < 1.29 is 13.2 Å². The van der Waals surface area contributed by atoms with Crippen LogP contribution in [0, 0.1) is 6.92 Å². The molecule has 0 unspecified atom stereocenters. The maximum atomic E-state index is 12.1. The van der Waals surface area contributed by atoms with Gasteiger partial charge in [-0.05, 0) is 48.6 Å². The lowest BCUT2D eigenvalue weighted by Crippen LogP contribution is -2.26. The quantitative estimate of drug-likeness (QED) is 0.756. The molecule has 0 aliphatic heterocycles. The Kier molecular flexibility index (Phi) is 6.19. The summed E-state index contributed by atoms with van der Waals surface area (Å²) in [6.45, 7) is 2.36. The normalized spacial score (nSPS) is 11.4. The molecule has 5 heteroatoms. The highest BCUT2D eigenvalue weighted by molar-refractivity contribution is 7.88. The van der Waals surface area contributed by atoms with Gasteiger partial charge in [-0.15, -0.1) is 0 Å². The summed E-state index contributed by atoms with van der Waals surface area (Å²) < 4.78 is 32.1. The van der Waals surface area contributed by atoms with Crippen molar-refractivity contribution in [1.29, 1.82) is 0 Å². The number of hydrogen-bond donors (Lipinski definition) is 1. The highest BCUT2D eigenvalue weighted by Crippen LogP contribution is 2.14. The minimum Gasteiger partial charge on any atom is -0.497 e. The number of methoxy groups -OCH3 is 1. The van der Waals surface area contributed by atoms with E-state index in [2.05, 4.69) is 4.72 Å². The van der Waals surface area contributed by atoms with Crippen molar-refractivity contribution in [2.24, 2.45) is 0 Å². The van der Waals surface area contributed by atoms with E-state index >= 15 is 0 Å². The second-order valence-corrected chi connectivity index (χ2v) is 7.34. The van der Waals surface area contributed by atoms with Crippen LogP contribution < -0.4 is 9.46 Å². The fourth-order valence-electron chi connectivity index (χ4n) is 2.38. The van der Waals surface area contributed by atoms with Gasteiger partial charge in [-0.3, -0.25) is 0 Å². The van der Waals surface area contributed by atoms with Crippen LogP contribution in [-0.4, -0.2) is 22.1 Å². The minimum atomic E-state index is -3.30. The van der Waals surface area contributed by atoms with Crippen LogP contribution >= 0.6 is 0 Å². The lowest BCUT2D eigenvalue weighted by Gasteiger charge is -2.09. The largest absolute Gasteiger partial charge is 0.497 e. The lowest BCUT2D eigenvalue weighted by atomic mass is 10.1. The first-order chi connectivity index (χ1) is 11.0. The van der Waals surface area contributed by atoms with Gasteiger partial charge in [0, 0.05) is 6.54 Å². The van der Waals surface area contributed by atoms with Gasteiger partial charge < -0.3 is 4.74 Å². The predicted octanol–water partition coefficient (Wildman–Crippen LogP) is 3.06. The molecule has 1 N–H and O–H groups in total. The van der Waals surface area contributed by atoms with Crippen molar-refractivity contribution in [3.8, 4) is 5.75 Å². The molecule has 2 rings (SSSR count). The molecule has 0 heterocycles. The number of nitrogens with one attached hydrogen (secondary N) is 1. The van der Waals surface area contributed by atoms with E-state index in [1.54, 1.807) is 7.11 Å². The van der Waals surface area contributed by atoms with Gasteiger partial charge in [-0.25, -0.2) is 13.1 Å². The second kappa shape index (κ2) is 8.13. The third kappa shape index (κ3) is 5.69. The lowest BCUT2D eigenvalue weighted by molar-refractivity contribution is 0.414. The van der Waals surface area contributed by atoms with Crippen LogP contribution in [-0.2, 0) is 22.2 Å². The Balaban J connectivity index is 1.82. The molecule has 2 aromatic carbocycles. The third-order valence-corrected chi connectivity index (χ3v) is 5.04. The van der Waals surface area contributed by atoms with Crippen LogP contribution in [0.2, 0.25) is 0 Å². The number of rotatable bonds is 8. The average Bonchev–Trinajstić information content (AvgIpc) is 2.54. The second-order valence-electron chi connectivity index (χ2n) is 5.53. The summed E-state index contributed by atoms with van der Waals surface area (Å²) >= 11 is 0. The van der Waals surface area contributed by atoms with E-state index in [4.69, 9.17) is 4.74 Å². The SMILES string of the molecule is COc1cccc(CCCNS(=O)(=O)Cc2ccccc2C)c1. The number of aryl methyl sites for hydroxylation is 2. The molecule has 4 nitrogen and oxygen atoms in total. The monoisotopic (exact) mass is 333 g/mol. The summed E-state index contributed by atoms with van der Waals surface area (Å²) in [7, 11) is -1.66. The highest BCUT2D eigenvalue weighted by atomic mass is 32.2. The summed E-state index contributed by atoms with van der Waals surface area (Å²) in [4.78, 5) is 0. The third-order valence-electron chi connectivity index (χ3n) is 3.71. The molecule has 0 radical (unpaired) electrons. The summed E-state index contributed by atoms with van der Waals surface area (Å²) in [6, 6.07) is 15.4. The molecule has 0 atom stereocenters. The number of hydrogen-bond acceptors (Lipinski definition) is 3. The molecule has 0 spiro atoms. The van der Waals surface area contributed by atoms with E-state index in [1.165, 1.54) is 0 Å². The topological polar surface area (TPSA) is 55.4 Å².